The molecule has 1 saturated carbocycles. The molecule has 0 heterocycles. The van der Waals surface area contributed by atoms with Crippen LogP contribution in [0.3, 0.4) is 0 Å². The zero-order chi connectivity index (χ0) is 28.0. The van der Waals surface area contributed by atoms with Crippen LogP contribution in [0, 0.1) is 0 Å². The largest absolute Gasteiger partial charge is 0.352 e. The highest BCUT2D eigenvalue weighted by Crippen LogP contribution is 2.31. The molecule has 0 radical (unpaired) electrons. The number of sulfonamides is 1. The van der Waals surface area contributed by atoms with Crippen molar-refractivity contribution in [1.29, 1.82) is 0 Å². The maximum absolute atomic E-state index is 13.8. The first-order valence-electron chi connectivity index (χ1n) is 12.4. The molecule has 2 amide bonds. The lowest BCUT2D eigenvalue weighted by atomic mass is 9.95. The number of nitrogens with one attached hydrogen (secondary N) is 1. The second kappa shape index (κ2) is 13.6. The fourth-order valence-corrected chi connectivity index (χ4v) is 6.32. The maximum atomic E-state index is 13.8. The minimum Gasteiger partial charge on any atom is -0.352 e. The van der Waals surface area contributed by atoms with E-state index in [9.17, 15) is 18.0 Å². The Morgan fingerprint density at radius 1 is 0.974 bits per heavy atom. The number of carbonyl (C=O) groups is 2. The van der Waals surface area contributed by atoms with E-state index >= 15 is 0 Å². The summed E-state index contributed by atoms with van der Waals surface area (Å²) in [5, 5.41) is 4.16. The molecule has 38 heavy (non-hydrogen) atoms. The monoisotopic (exact) mass is 621 g/mol. The van der Waals surface area contributed by atoms with Crippen molar-refractivity contribution in [3.63, 3.8) is 0 Å². The summed E-state index contributed by atoms with van der Waals surface area (Å²) in [6.45, 7) is 1.28. The normalized spacial score (nSPS) is 15.1. The molecule has 0 aromatic heterocycles. The molecular formula is C26H31Cl4N3O4S. The Morgan fingerprint density at radius 2 is 1.66 bits per heavy atom. The number of amides is 2. The van der Waals surface area contributed by atoms with Gasteiger partial charge in [-0.15, -0.1) is 0 Å². The lowest BCUT2D eigenvalue weighted by molar-refractivity contribution is -0.140. The van der Waals surface area contributed by atoms with Gasteiger partial charge in [-0.05, 0) is 55.2 Å². The molecule has 1 N–H and O–H groups in total. The summed E-state index contributed by atoms with van der Waals surface area (Å²) in [6, 6.07) is 8.50. The summed E-state index contributed by atoms with van der Waals surface area (Å²) in [6.07, 6.45) is 6.31. The molecule has 1 aliphatic rings. The molecule has 0 aliphatic heterocycles. The molecule has 208 valence electrons. The third kappa shape index (κ3) is 8.15. The van der Waals surface area contributed by atoms with E-state index in [1.165, 1.54) is 23.1 Å². The van der Waals surface area contributed by atoms with E-state index in [0.29, 0.717) is 27.1 Å². The van der Waals surface area contributed by atoms with Crippen LogP contribution < -0.4 is 9.62 Å². The summed E-state index contributed by atoms with van der Waals surface area (Å²) >= 11 is 24.6. The van der Waals surface area contributed by atoms with Crippen molar-refractivity contribution in [2.45, 2.75) is 64.1 Å². The Hall–Kier alpha value is -1.71. The zero-order valence-corrected chi connectivity index (χ0v) is 25.1. The summed E-state index contributed by atoms with van der Waals surface area (Å²) in [4.78, 5) is 28.6. The van der Waals surface area contributed by atoms with Gasteiger partial charge < -0.3 is 10.2 Å². The molecule has 1 atom stereocenters. The molecule has 1 fully saturated rings. The van der Waals surface area contributed by atoms with Crippen molar-refractivity contribution < 1.29 is 18.0 Å². The molecule has 0 bridgehead atoms. The Kier molecular flexibility index (Phi) is 11.0. The first-order chi connectivity index (χ1) is 17.9. The van der Waals surface area contributed by atoms with E-state index in [4.69, 9.17) is 46.4 Å². The predicted molar refractivity (Wildman–Crippen MR) is 155 cm³/mol. The number of anilines is 1. The molecule has 12 heteroatoms. The van der Waals surface area contributed by atoms with Crippen molar-refractivity contribution in [3.05, 3.63) is 62.1 Å². The smallest absolute Gasteiger partial charge is 0.244 e. The van der Waals surface area contributed by atoms with Crippen LogP contribution >= 0.6 is 46.4 Å². The molecule has 0 spiro atoms. The van der Waals surface area contributed by atoms with Crippen LogP contribution in [0.5, 0.6) is 0 Å². The van der Waals surface area contributed by atoms with E-state index in [2.05, 4.69) is 5.32 Å². The van der Waals surface area contributed by atoms with E-state index in [-0.39, 0.29) is 29.2 Å². The molecule has 1 aliphatic carbocycles. The Labute approximate surface area is 244 Å². The second-order valence-electron chi connectivity index (χ2n) is 9.40. The van der Waals surface area contributed by atoms with Gasteiger partial charge in [0, 0.05) is 17.6 Å². The average molecular weight is 623 g/mol. The van der Waals surface area contributed by atoms with Gasteiger partial charge in [-0.2, -0.15) is 0 Å². The molecule has 7 nitrogen and oxygen atoms in total. The van der Waals surface area contributed by atoms with Gasteiger partial charge in [0.05, 0.1) is 27.0 Å². The number of benzene rings is 2. The van der Waals surface area contributed by atoms with Crippen molar-refractivity contribution in [2.75, 3.05) is 17.1 Å². The fraction of sp³-hybridized carbons (Fsp3) is 0.462. The first kappa shape index (κ1) is 30.8. The first-order valence-corrected chi connectivity index (χ1v) is 15.7. The Morgan fingerprint density at radius 3 is 2.24 bits per heavy atom. The summed E-state index contributed by atoms with van der Waals surface area (Å²) in [5.74, 6) is -0.846. The van der Waals surface area contributed by atoms with Gasteiger partial charge in [-0.1, -0.05) is 78.7 Å². The molecule has 2 aromatic carbocycles. The van der Waals surface area contributed by atoms with E-state index < -0.39 is 28.5 Å². The van der Waals surface area contributed by atoms with Gasteiger partial charge in [0.2, 0.25) is 21.8 Å². The lowest BCUT2D eigenvalue weighted by Gasteiger charge is -2.34. The second-order valence-corrected chi connectivity index (χ2v) is 13.0. The average Bonchev–Trinajstić information content (AvgIpc) is 2.85. The van der Waals surface area contributed by atoms with E-state index in [1.807, 2.05) is 6.92 Å². The van der Waals surface area contributed by atoms with E-state index in [0.717, 1.165) is 42.7 Å². The predicted octanol–water partition coefficient (Wildman–Crippen LogP) is 6.32. The maximum Gasteiger partial charge on any atom is 0.244 e. The minimum absolute atomic E-state index is 0.0261. The summed E-state index contributed by atoms with van der Waals surface area (Å²) < 4.78 is 26.4. The van der Waals surface area contributed by atoms with Crippen molar-refractivity contribution in [3.8, 4) is 0 Å². The fourth-order valence-electron chi connectivity index (χ4n) is 4.58. The zero-order valence-electron chi connectivity index (χ0n) is 21.2. The highest BCUT2D eigenvalue weighted by molar-refractivity contribution is 7.92. The number of hydrogen-bond donors (Lipinski definition) is 1. The van der Waals surface area contributed by atoms with Crippen molar-refractivity contribution in [1.82, 2.24) is 10.2 Å². The lowest BCUT2D eigenvalue weighted by Crippen LogP contribution is -2.54. The quantitative estimate of drug-likeness (QED) is 0.336. The third-order valence-corrected chi connectivity index (χ3v) is 8.94. The van der Waals surface area contributed by atoms with Gasteiger partial charge in [0.15, 0.2) is 0 Å². The summed E-state index contributed by atoms with van der Waals surface area (Å²) in [7, 11) is -3.92. The number of halogens is 4. The van der Waals surface area contributed by atoms with E-state index in [1.54, 1.807) is 18.2 Å². The van der Waals surface area contributed by atoms with Gasteiger partial charge in [-0.25, -0.2) is 8.42 Å². The van der Waals surface area contributed by atoms with Crippen LogP contribution in [0.2, 0.25) is 20.1 Å². The molecule has 0 unspecified atom stereocenters. The van der Waals surface area contributed by atoms with Crippen LogP contribution in [0.25, 0.3) is 0 Å². The van der Waals surface area contributed by atoms with Crippen LogP contribution in [-0.2, 0) is 26.2 Å². The number of hydrogen-bond acceptors (Lipinski definition) is 4. The standard InChI is InChI=1S/C26H31Cl4N3O4S/c1-3-23(26(35)31-19-7-5-4-6-8-19)32(15-17-9-11-20(28)21(29)13-17)25(34)16-33(38(2,36)37)24-12-10-18(27)14-22(24)30/h9-14,19,23H,3-8,15-16H2,1-2H3,(H,31,35)/t23-/m0/s1. The number of carbonyl (C=O) groups excluding carboxylic acids is 2. The SMILES string of the molecule is CC[C@@H](C(=O)NC1CCCCC1)N(Cc1ccc(Cl)c(Cl)c1)C(=O)CN(c1ccc(Cl)cc1Cl)S(C)(=O)=O. The van der Waals surface area contributed by atoms with Crippen LogP contribution in [-0.4, -0.2) is 50.0 Å². The Balaban J connectivity index is 1.95. The van der Waals surface area contributed by atoms with Crippen LogP contribution in [0.1, 0.15) is 51.0 Å². The van der Waals surface area contributed by atoms with Crippen molar-refractivity contribution in [2.24, 2.45) is 0 Å². The van der Waals surface area contributed by atoms with Crippen molar-refractivity contribution >= 4 is 73.9 Å². The highest BCUT2D eigenvalue weighted by Gasteiger charge is 2.33. The molecular weight excluding hydrogens is 592 g/mol. The topological polar surface area (TPSA) is 86.8 Å². The molecule has 2 aromatic rings. The van der Waals surface area contributed by atoms with Gasteiger partial charge in [0.1, 0.15) is 12.6 Å². The Bertz CT molecular complexity index is 1270. The molecule has 0 saturated heterocycles. The van der Waals surface area contributed by atoms with Crippen LogP contribution in [0.15, 0.2) is 36.4 Å². The third-order valence-electron chi connectivity index (χ3n) is 6.53. The number of nitrogens with zero attached hydrogens (tertiary/aromatic N) is 2. The van der Waals surface area contributed by atoms with Gasteiger partial charge in [0.25, 0.3) is 0 Å². The summed E-state index contributed by atoms with van der Waals surface area (Å²) in [5.41, 5.74) is 0.758. The minimum atomic E-state index is -3.92. The van der Waals surface area contributed by atoms with Gasteiger partial charge >= 0.3 is 0 Å². The van der Waals surface area contributed by atoms with Gasteiger partial charge in [-0.3, -0.25) is 13.9 Å². The molecule has 3 rings (SSSR count). The number of rotatable bonds is 10. The highest BCUT2D eigenvalue weighted by atomic mass is 35.5. The van der Waals surface area contributed by atoms with Crippen LogP contribution in [0.4, 0.5) is 5.69 Å².